The molecular weight excluding hydrogens is 288 g/mol. The van der Waals surface area contributed by atoms with E-state index in [1.807, 2.05) is 0 Å². The van der Waals surface area contributed by atoms with Crippen LogP contribution in [0.25, 0.3) is 0 Å². The standard InChI is InChI=1S/C24H50/c1-4-6-8-9-10-11-12-13-14-15-16-17-18-19-21-23-24(3)22-20-7-5-2/h24H,4-23H2,1-3H3. The van der Waals surface area contributed by atoms with Crippen LogP contribution in [0.5, 0.6) is 0 Å². The molecule has 146 valence electrons. The lowest BCUT2D eigenvalue weighted by Gasteiger charge is -2.10. The van der Waals surface area contributed by atoms with Gasteiger partial charge in [-0.05, 0) is 5.92 Å². The van der Waals surface area contributed by atoms with Gasteiger partial charge in [0, 0.05) is 0 Å². The summed E-state index contributed by atoms with van der Waals surface area (Å²) in [6, 6.07) is 0. The van der Waals surface area contributed by atoms with E-state index in [-0.39, 0.29) is 0 Å². The third kappa shape index (κ3) is 20.0. The highest BCUT2D eigenvalue weighted by Gasteiger charge is 2.01. The SMILES string of the molecule is CCCCCCCCCCCCCCCCCC(C)CCCCC. The van der Waals surface area contributed by atoms with Crippen LogP contribution in [0, 0.1) is 5.92 Å². The first-order valence-corrected chi connectivity index (χ1v) is 11.8. The Morgan fingerprint density at radius 1 is 0.375 bits per heavy atom. The molecule has 0 aromatic rings. The highest BCUT2D eigenvalue weighted by Crippen LogP contribution is 2.18. The fourth-order valence-electron chi connectivity index (χ4n) is 3.75. The quantitative estimate of drug-likeness (QED) is 0.194. The highest BCUT2D eigenvalue weighted by molar-refractivity contribution is 4.55. The van der Waals surface area contributed by atoms with Gasteiger partial charge in [-0.3, -0.25) is 0 Å². The van der Waals surface area contributed by atoms with Crippen LogP contribution in [0.2, 0.25) is 0 Å². The van der Waals surface area contributed by atoms with Gasteiger partial charge in [0.1, 0.15) is 0 Å². The molecule has 24 heavy (non-hydrogen) atoms. The van der Waals surface area contributed by atoms with Crippen LogP contribution < -0.4 is 0 Å². The molecule has 0 N–H and O–H groups in total. The minimum Gasteiger partial charge on any atom is -0.0654 e. The van der Waals surface area contributed by atoms with Gasteiger partial charge < -0.3 is 0 Å². The summed E-state index contributed by atoms with van der Waals surface area (Å²) < 4.78 is 0. The van der Waals surface area contributed by atoms with Gasteiger partial charge in [0.25, 0.3) is 0 Å². The second-order valence-corrected chi connectivity index (χ2v) is 8.34. The van der Waals surface area contributed by atoms with E-state index in [1.54, 1.807) is 0 Å². The largest absolute Gasteiger partial charge is 0.0654 e. The zero-order chi connectivity index (χ0) is 17.7. The molecule has 0 spiro atoms. The Labute approximate surface area is 155 Å². The average Bonchev–Trinajstić information content (AvgIpc) is 2.58. The van der Waals surface area contributed by atoms with Crippen LogP contribution in [-0.2, 0) is 0 Å². The molecule has 0 amide bonds. The van der Waals surface area contributed by atoms with Gasteiger partial charge in [-0.2, -0.15) is 0 Å². The molecule has 0 bridgehead atoms. The van der Waals surface area contributed by atoms with Crippen molar-refractivity contribution in [1.29, 1.82) is 0 Å². The van der Waals surface area contributed by atoms with Crippen LogP contribution >= 0.6 is 0 Å². The van der Waals surface area contributed by atoms with Crippen molar-refractivity contribution in [2.45, 2.75) is 149 Å². The predicted octanol–water partition coefficient (Wildman–Crippen LogP) is 9.46. The molecule has 0 rings (SSSR count). The highest BCUT2D eigenvalue weighted by atomic mass is 14.1. The van der Waals surface area contributed by atoms with E-state index in [0.29, 0.717) is 0 Å². The predicted molar refractivity (Wildman–Crippen MR) is 113 cm³/mol. The molecule has 0 aliphatic carbocycles. The third-order valence-electron chi connectivity index (χ3n) is 5.60. The zero-order valence-corrected chi connectivity index (χ0v) is 17.7. The third-order valence-corrected chi connectivity index (χ3v) is 5.60. The zero-order valence-electron chi connectivity index (χ0n) is 17.7. The minimum atomic E-state index is 0.971. The molecule has 0 heterocycles. The number of hydrogen-bond donors (Lipinski definition) is 0. The van der Waals surface area contributed by atoms with Crippen LogP contribution in [-0.4, -0.2) is 0 Å². The Hall–Kier alpha value is 0. The van der Waals surface area contributed by atoms with Crippen LogP contribution in [0.15, 0.2) is 0 Å². The molecule has 0 aliphatic heterocycles. The summed E-state index contributed by atoms with van der Waals surface area (Å²) in [4.78, 5) is 0. The van der Waals surface area contributed by atoms with E-state index >= 15 is 0 Å². The van der Waals surface area contributed by atoms with Crippen molar-refractivity contribution in [3.05, 3.63) is 0 Å². The lowest BCUT2D eigenvalue weighted by Crippen LogP contribution is -1.94. The Bertz CT molecular complexity index is 208. The summed E-state index contributed by atoms with van der Waals surface area (Å²) in [5.74, 6) is 0.971. The maximum Gasteiger partial charge on any atom is -0.0443 e. The molecule has 0 aromatic carbocycles. The lowest BCUT2D eigenvalue weighted by atomic mass is 9.96. The van der Waals surface area contributed by atoms with Crippen molar-refractivity contribution >= 4 is 0 Å². The van der Waals surface area contributed by atoms with Gasteiger partial charge in [0.05, 0.1) is 0 Å². The first-order valence-electron chi connectivity index (χ1n) is 11.8. The molecule has 1 unspecified atom stereocenters. The molecular formula is C24H50. The van der Waals surface area contributed by atoms with Crippen molar-refractivity contribution in [3.63, 3.8) is 0 Å². The molecule has 1 atom stereocenters. The normalized spacial score (nSPS) is 12.6. The fourth-order valence-corrected chi connectivity index (χ4v) is 3.75. The van der Waals surface area contributed by atoms with Crippen molar-refractivity contribution < 1.29 is 0 Å². The fraction of sp³-hybridized carbons (Fsp3) is 1.00. The first kappa shape index (κ1) is 24.0. The van der Waals surface area contributed by atoms with E-state index < -0.39 is 0 Å². The van der Waals surface area contributed by atoms with Gasteiger partial charge in [-0.25, -0.2) is 0 Å². The van der Waals surface area contributed by atoms with Gasteiger partial charge >= 0.3 is 0 Å². The van der Waals surface area contributed by atoms with Crippen LogP contribution in [0.3, 0.4) is 0 Å². The van der Waals surface area contributed by atoms with E-state index in [0.717, 1.165) is 5.92 Å². The van der Waals surface area contributed by atoms with Crippen molar-refractivity contribution in [2.75, 3.05) is 0 Å². The van der Waals surface area contributed by atoms with Crippen LogP contribution in [0.1, 0.15) is 149 Å². The summed E-state index contributed by atoms with van der Waals surface area (Å²) in [6.07, 6.45) is 29.3. The molecule has 0 fully saturated rings. The number of unbranched alkanes of at least 4 members (excludes halogenated alkanes) is 16. The maximum absolute atomic E-state index is 2.46. The first-order chi connectivity index (χ1) is 11.8. The van der Waals surface area contributed by atoms with E-state index in [9.17, 15) is 0 Å². The molecule has 0 aromatic heterocycles. The Morgan fingerprint density at radius 2 is 0.625 bits per heavy atom. The summed E-state index contributed by atoms with van der Waals surface area (Å²) in [6.45, 7) is 7.06. The summed E-state index contributed by atoms with van der Waals surface area (Å²) in [7, 11) is 0. The van der Waals surface area contributed by atoms with E-state index in [1.165, 1.54) is 128 Å². The molecule has 0 heteroatoms. The Balaban J connectivity index is 3.05. The smallest absolute Gasteiger partial charge is 0.0443 e. The second kappa shape index (κ2) is 21.0. The summed E-state index contributed by atoms with van der Waals surface area (Å²) in [5.41, 5.74) is 0. The van der Waals surface area contributed by atoms with Crippen molar-refractivity contribution in [3.8, 4) is 0 Å². The molecule has 0 nitrogen and oxygen atoms in total. The average molecular weight is 339 g/mol. The molecule has 0 radical (unpaired) electrons. The lowest BCUT2D eigenvalue weighted by molar-refractivity contribution is 0.435. The number of hydrogen-bond acceptors (Lipinski definition) is 0. The molecule has 0 aliphatic rings. The Morgan fingerprint density at radius 3 is 1.00 bits per heavy atom. The van der Waals surface area contributed by atoms with Crippen LogP contribution in [0.4, 0.5) is 0 Å². The molecule has 0 saturated carbocycles. The van der Waals surface area contributed by atoms with E-state index in [2.05, 4.69) is 20.8 Å². The second-order valence-electron chi connectivity index (χ2n) is 8.34. The van der Waals surface area contributed by atoms with Gasteiger partial charge in [-0.15, -0.1) is 0 Å². The van der Waals surface area contributed by atoms with Gasteiger partial charge in [0.2, 0.25) is 0 Å². The van der Waals surface area contributed by atoms with Crippen molar-refractivity contribution in [1.82, 2.24) is 0 Å². The maximum atomic E-state index is 2.46. The van der Waals surface area contributed by atoms with Gasteiger partial charge in [0.15, 0.2) is 0 Å². The van der Waals surface area contributed by atoms with Crippen molar-refractivity contribution in [2.24, 2.45) is 5.92 Å². The Kier molecular flexibility index (Phi) is 21.0. The van der Waals surface area contributed by atoms with E-state index in [4.69, 9.17) is 0 Å². The number of rotatable bonds is 20. The summed E-state index contributed by atoms with van der Waals surface area (Å²) in [5, 5.41) is 0. The van der Waals surface area contributed by atoms with Gasteiger partial charge in [-0.1, -0.05) is 149 Å². The minimum absolute atomic E-state index is 0.971. The summed E-state index contributed by atoms with van der Waals surface area (Å²) >= 11 is 0. The molecule has 0 saturated heterocycles. The topological polar surface area (TPSA) is 0 Å². The monoisotopic (exact) mass is 338 g/mol.